The second-order valence-electron chi connectivity index (χ2n) is 6.61. The minimum Gasteiger partial charge on any atom is -0.494 e. The molecule has 1 aliphatic rings. The van der Waals surface area contributed by atoms with E-state index < -0.39 is 0 Å². The molecule has 130 valence electrons. The van der Waals surface area contributed by atoms with E-state index in [0.717, 1.165) is 47.8 Å². The van der Waals surface area contributed by atoms with E-state index in [1.54, 1.807) is 0 Å². The van der Waals surface area contributed by atoms with E-state index in [1.165, 1.54) is 32.9 Å². The number of likely N-dealkylation sites (tertiary alicyclic amines) is 1. The molecular weight excluding hydrogens is 302 g/mol. The van der Waals surface area contributed by atoms with E-state index in [1.807, 2.05) is 24.4 Å². The van der Waals surface area contributed by atoms with E-state index >= 15 is 0 Å². The van der Waals surface area contributed by atoms with Crippen LogP contribution in [-0.2, 0) is 4.79 Å². The van der Waals surface area contributed by atoms with Crippen molar-refractivity contribution in [3.05, 3.63) is 24.4 Å². The predicted molar refractivity (Wildman–Crippen MR) is 97.6 cm³/mol. The molecule has 1 aromatic carbocycles. The molecule has 0 atom stereocenters. The molecule has 2 aromatic rings. The summed E-state index contributed by atoms with van der Waals surface area (Å²) in [5, 5.41) is 3.83. The molecule has 1 aliphatic heterocycles. The molecule has 2 N–H and O–H groups in total. The molecule has 0 radical (unpaired) electrons. The predicted octanol–water partition coefficient (Wildman–Crippen LogP) is 3.63. The van der Waals surface area contributed by atoms with Gasteiger partial charge in [-0.25, -0.2) is 0 Å². The summed E-state index contributed by atoms with van der Waals surface area (Å²) in [5.41, 5.74) is 1.80. The summed E-state index contributed by atoms with van der Waals surface area (Å²) in [6.45, 7) is 8.10. The van der Waals surface area contributed by atoms with Gasteiger partial charge in [0.15, 0.2) is 0 Å². The molecule has 2 heterocycles. The number of amides is 1. The lowest BCUT2D eigenvalue weighted by molar-refractivity contribution is -0.114. The largest absolute Gasteiger partial charge is 0.494 e. The Morgan fingerprint density at radius 3 is 2.88 bits per heavy atom. The summed E-state index contributed by atoms with van der Waals surface area (Å²) in [6.07, 6.45) is 5.49. The van der Waals surface area contributed by atoms with Crippen LogP contribution in [0.5, 0.6) is 5.75 Å². The number of aromatic nitrogens is 1. The van der Waals surface area contributed by atoms with Crippen LogP contribution >= 0.6 is 0 Å². The topological polar surface area (TPSA) is 57.4 Å². The molecule has 5 heteroatoms. The fraction of sp³-hybridized carbons (Fsp3) is 0.526. The summed E-state index contributed by atoms with van der Waals surface area (Å²) < 4.78 is 5.96. The highest BCUT2D eigenvalue weighted by Gasteiger charge is 2.17. The van der Waals surface area contributed by atoms with Crippen LogP contribution in [0.3, 0.4) is 0 Å². The minimum atomic E-state index is -0.0688. The highest BCUT2D eigenvalue weighted by Crippen LogP contribution is 2.28. The number of carbonyl (C=O) groups excluding carboxylic acids is 1. The fourth-order valence-corrected chi connectivity index (χ4v) is 3.42. The zero-order valence-corrected chi connectivity index (χ0v) is 14.6. The van der Waals surface area contributed by atoms with E-state index in [0.29, 0.717) is 0 Å². The molecule has 1 aromatic heterocycles. The molecule has 0 aliphatic carbocycles. The van der Waals surface area contributed by atoms with E-state index in [4.69, 9.17) is 4.74 Å². The van der Waals surface area contributed by atoms with Crippen LogP contribution in [0.15, 0.2) is 24.4 Å². The highest BCUT2D eigenvalue weighted by atomic mass is 16.5. The number of fused-ring (bicyclic) bond motifs is 1. The lowest BCUT2D eigenvalue weighted by Crippen LogP contribution is -2.33. The molecule has 1 fully saturated rings. The molecule has 5 nitrogen and oxygen atoms in total. The number of benzene rings is 1. The Bertz CT molecular complexity index is 687. The van der Waals surface area contributed by atoms with Gasteiger partial charge in [0, 0.05) is 24.0 Å². The quantitative estimate of drug-likeness (QED) is 0.851. The maximum atomic E-state index is 11.3. The average Bonchev–Trinajstić information content (AvgIpc) is 2.97. The van der Waals surface area contributed by atoms with Crippen molar-refractivity contribution in [1.29, 1.82) is 0 Å². The molecule has 0 unspecified atom stereocenters. The zero-order chi connectivity index (χ0) is 16.9. The van der Waals surface area contributed by atoms with Gasteiger partial charge in [0.25, 0.3) is 0 Å². The van der Waals surface area contributed by atoms with Crippen LogP contribution in [0.1, 0.15) is 33.1 Å². The third-order valence-corrected chi connectivity index (χ3v) is 4.91. The van der Waals surface area contributed by atoms with Gasteiger partial charge in [-0.05, 0) is 63.0 Å². The van der Waals surface area contributed by atoms with Gasteiger partial charge in [0.1, 0.15) is 5.75 Å². The number of hydrogen-bond donors (Lipinski definition) is 2. The normalized spacial score (nSPS) is 16.4. The van der Waals surface area contributed by atoms with Crippen LogP contribution in [0, 0.1) is 5.92 Å². The van der Waals surface area contributed by atoms with E-state index in [-0.39, 0.29) is 5.91 Å². The Kier molecular flexibility index (Phi) is 5.41. The van der Waals surface area contributed by atoms with Crippen LogP contribution in [-0.4, -0.2) is 42.0 Å². The number of rotatable bonds is 6. The Morgan fingerprint density at radius 1 is 1.38 bits per heavy atom. The van der Waals surface area contributed by atoms with Crippen molar-refractivity contribution in [2.24, 2.45) is 5.92 Å². The summed E-state index contributed by atoms with van der Waals surface area (Å²) in [7, 11) is 0. The molecule has 3 rings (SSSR count). The maximum Gasteiger partial charge on any atom is 0.221 e. The molecule has 1 amide bonds. The molecule has 0 bridgehead atoms. The third kappa shape index (κ3) is 4.09. The Balaban J connectivity index is 1.54. The first-order chi connectivity index (χ1) is 11.7. The second kappa shape index (κ2) is 7.71. The number of ether oxygens (including phenoxy) is 1. The summed E-state index contributed by atoms with van der Waals surface area (Å²) >= 11 is 0. The molecule has 0 spiro atoms. The van der Waals surface area contributed by atoms with E-state index in [2.05, 4.69) is 22.1 Å². The van der Waals surface area contributed by atoms with Crippen LogP contribution in [0.25, 0.3) is 10.9 Å². The lowest BCUT2D eigenvalue weighted by atomic mass is 9.94. The Labute approximate surface area is 143 Å². The molecule has 0 saturated carbocycles. The van der Waals surface area contributed by atoms with Crippen molar-refractivity contribution < 1.29 is 9.53 Å². The van der Waals surface area contributed by atoms with Gasteiger partial charge in [-0.2, -0.15) is 0 Å². The van der Waals surface area contributed by atoms with Crippen LogP contribution in [0.4, 0.5) is 5.69 Å². The monoisotopic (exact) mass is 329 g/mol. The van der Waals surface area contributed by atoms with Crippen molar-refractivity contribution in [2.45, 2.75) is 33.1 Å². The number of carbonyl (C=O) groups is 1. The van der Waals surface area contributed by atoms with Gasteiger partial charge in [-0.15, -0.1) is 0 Å². The molecular formula is C19H27N3O2. The number of piperidine rings is 1. The minimum absolute atomic E-state index is 0.0688. The van der Waals surface area contributed by atoms with Gasteiger partial charge in [0.2, 0.25) is 5.91 Å². The first kappa shape index (κ1) is 16.8. The summed E-state index contributed by atoms with van der Waals surface area (Å²) in [5.74, 6) is 1.57. The van der Waals surface area contributed by atoms with E-state index in [9.17, 15) is 4.79 Å². The Morgan fingerprint density at radius 2 is 2.17 bits per heavy atom. The van der Waals surface area contributed by atoms with Crippen LogP contribution < -0.4 is 10.1 Å². The first-order valence-corrected chi connectivity index (χ1v) is 8.89. The van der Waals surface area contributed by atoms with Crippen molar-refractivity contribution in [2.75, 3.05) is 31.6 Å². The standard InChI is InChI=1S/C19H27N3O2/c1-3-22-9-6-15(7-10-22)8-11-24-16-4-5-18-17(12-16)19(13-20-18)21-14(2)23/h4-5,12-13,15,20H,3,6-11H2,1-2H3,(H,21,23). The number of anilines is 1. The number of nitrogens with zero attached hydrogens (tertiary/aromatic N) is 1. The molecule has 24 heavy (non-hydrogen) atoms. The highest BCUT2D eigenvalue weighted by molar-refractivity contribution is 6.01. The number of aromatic amines is 1. The van der Waals surface area contributed by atoms with Gasteiger partial charge >= 0.3 is 0 Å². The van der Waals surface area contributed by atoms with Crippen molar-refractivity contribution in [1.82, 2.24) is 9.88 Å². The number of hydrogen-bond acceptors (Lipinski definition) is 3. The lowest BCUT2D eigenvalue weighted by Gasteiger charge is -2.30. The van der Waals surface area contributed by atoms with Crippen molar-refractivity contribution in [3.63, 3.8) is 0 Å². The zero-order valence-electron chi connectivity index (χ0n) is 14.6. The average molecular weight is 329 g/mol. The van der Waals surface area contributed by atoms with Crippen LogP contribution in [0.2, 0.25) is 0 Å². The summed E-state index contributed by atoms with van der Waals surface area (Å²) in [4.78, 5) is 16.9. The number of H-pyrrole nitrogens is 1. The Hall–Kier alpha value is -2.01. The third-order valence-electron chi connectivity index (χ3n) is 4.91. The molecule has 1 saturated heterocycles. The van der Waals surface area contributed by atoms with Gasteiger partial charge in [-0.3, -0.25) is 4.79 Å². The van der Waals surface area contributed by atoms with Gasteiger partial charge in [0.05, 0.1) is 12.3 Å². The maximum absolute atomic E-state index is 11.3. The van der Waals surface area contributed by atoms with Crippen molar-refractivity contribution in [3.8, 4) is 5.75 Å². The number of nitrogens with one attached hydrogen (secondary N) is 2. The van der Waals surface area contributed by atoms with Crippen molar-refractivity contribution >= 4 is 22.5 Å². The SMILES string of the molecule is CCN1CCC(CCOc2ccc3[nH]cc(NC(C)=O)c3c2)CC1. The fourth-order valence-electron chi connectivity index (χ4n) is 3.42. The van der Waals surface area contributed by atoms with Gasteiger partial charge < -0.3 is 19.9 Å². The summed E-state index contributed by atoms with van der Waals surface area (Å²) in [6, 6.07) is 5.97. The second-order valence-corrected chi connectivity index (χ2v) is 6.61. The van der Waals surface area contributed by atoms with Gasteiger partial charge in [-0.1, -0.05) is 6.92 Å². The first-order valence-electron chi connectivity index (χ1n) is 8.89. The smallest absolute Gasteiger partial charge is 0.221 e.